The second-order valence-electron chi connectivity index (χ2n) is 4.48. The van der Waals surface area contributed by atoms with Crippen LogP contribution in [0.4, 0.5) is 0 Å². The zero-order valence-electron chi connectivity index (χ0n) is 10.9. The summed E-state index contributed by atoms with van der Waals surface area (Å²) in [4.78, 5) is 12.4. The minimum atomic E-state index is 0.000217. The topological polar surface area (TPSA) is 17.1 Å². The second kappa shape index (κ2) is 6.27. The van der Waals surface area contributed by atoms with E-state index in [2.05, 4.69) is 31.2 Å². The lowest BCUT2D eigenvalue weighted by molar-refractivity contribution is 0.101. The van der Waals surface area contributed by atoms with Gasteiger partial charge in [0, 0.05) is 16.2 Å². The number of halogens is 1. The van der Waals surface area contributed by atoms with Crippen molar-refractivity contribution in [3.63, 3.8) is 0 Å². The van der Waals surface area contributed by atoms with Gasteiger partial charge in [-0.05, 0) is 37.6 Å². The average molecular weight is 291 g/mol. The Morgan fingerprint density at radius 3 is 2.63 bits per heavy atom. The van der Waals surface area contributed by atoms with E-state index in [1.165, 1.54) is 18.1 Å². The van der Waals surface area contributed by atoms with E-state index in [-0.39, 0.29) is 5.78 Å². The minimum Gasteiger partial charge on any atom is -0.294 e. The molecule has 0 fully saturated rings. The van der Waals surface area contributed by atoms with E-state index < -0.39 is 0 Å². The van der Waals surface area contributed by atoms with Crippen LogP contribution >= 0.6 is 23.4 Å². The average Bonchev–Trinajstić information content (AvgIpc) is 2.36. The molecule has 2 rings (SSSR count). The van der Waals surface area contributed by atoms with Crippen molar-refractivity contribution < 1.29 is 4.79 Å². The van der Waals surface area contributed by atoms with Crippen molar-refractivity contribution in [2.75, 3.05) is 0 Å². The van der Waals surface area contributed by atoms with E-state index in [9.17, 15) is 4.79 Å². The predicted octanol–water partition coefficient (Wildman–Crippen LogP) is 5.14. The van der Waals surface area contributed by atoms with Crippen LogP contribution in [-0.2, 0) is 5.75 Å². The minimum absolute atomic E-state index is 0.000217. The van der Waals surface area contributed by atoms with Crippen LogP contribution in [0.2, 0.25) is 5.02 Å². The van der Waals surface area contributed by atoms with Crippen LogP contribution in [0.3, 0.4) is 0 Å². The Balaban J connectivity index is 2.08. The van der Waals surface area contributed by atoms with Gasteiger partial charge < -0.3 is 0 Å². The molecule has 0 amide bonds. The molecule has 0 saturated heterocycles. The zero-order chi connectivity index (χ0) is 13.8. The molecular formula is C16H15ClOS. The summed E-state index contributed by atoms with van der Waals surface area (Å²) in [6, 6.07) is 14.1. The number of hydrogen-bond acceptors (Lipinski definition) is 2. The molecule has 0 bridgehead atoms. The Morgan fingerprint density at radius 2 is 2.00 bits per heavy atom. The normalized spacial score (nSPS) is 10.5. The number of carbonyl (C=O) groups excluding carboxylic acids is 1. The molecular weight excluding hydrogens is 276 g/mol. The largest absolute Gasteiger partial charge is 0.294 e. The monoisotopic (exact) mass is 290 g/mol. The number of carbonyl (C=O) groups is 1. The molecule has 0 spiro atoms. The number of benzene rings is 2. The third-order valence-electron chi connectivity index (χ3n) is 2.81. The Morgan fingerprint density at radius 1 is 1.21 bits per heavy atom. The lowest BCUT2D eigenvalue weighted by Gasteiger charge is -2.05. The predicted molar refractivity (Wildman–Crippen MR) is 82.2 cm³/mol. The zero-order valence-corrected chi connectivity index (χ0v) is 12.5. The first-order chi connectivity index (χ1) is 9.06. The summed E-state index contributed by atoms with van der Waals surface area (Å²) in [7, 11) is 0. The molecule has 0 aliphatic rings. The summed E-state index contributed by atoms with van der Waals surface area (Å²) in [5.74, 6) is 0.900. The van der Waals surface area contributed by atoms with Gasteiger partial charge in [-0.1, -0.05) is 41.4 Å². The molecule has 0 aliphatic heterocycles. The molecule has 1 nitrogen and oxygen atoms in total. The highest BCUT2D eigenvalue weighted by molar-refractivity contribution is 7.98. The van der Waals surface area contributed by atoms with Crippen molar-refractivity contribution >= 4 is 29.1 Å². The molecule has 0 saturated carbocycles. The highest BCUT2D eigenvalue weighted by Crippen LogP contribution is 2.27. The maximum atomic E-state index is 11.3. The van der Waals surface area contributed by atoms with Gasteiger partial charge in [0.05, 0.1) is 5.02 Å². The number of rotatable bonds is 4. The highest BCUT2D eigenvalue weighted by atomic mass is 35.5. The summed E-state index contributed by atoms with van der Waals surface area (Å²) in [5.41, 5.74) is 3.14. The maximum absolute atomic E-state index is 11.3. The standard InChI is InChI=1S/C16H15ClOS/c1-11-4-3-5-13(8-11)10-19-14-6-7-15(12(2)18)16(17)9-14/h3-9H,10H2,1-2H3. The molecule has 19 heavy (non-hydrogen) atoms. The van der Waals surface area contributed by atoms with E-state index >= 15 is 0 Å². The van der Waals surface area contributed by atoms with Crippen LogP contribution in [0.15, 0.2) is 47.4 Å². The van der Waals surface area contributed by atoms with E-state index in [0.717, 1.165) is 10.6 Å². The Kier molecular flexibility index (Phi) is 4.67. The number of aryl methyl sites for hydroxylation is 1. The van der Waals surface area contributed by atoms with Gasteiger partial charge in [0.2, 0.25) is 0 Å². The molecule has 0 aromatic heterocycles. The molecule has 0 atom stereocenters. The first-order valence-corrected chi connectivity index (χ1v) is 7.41. The lowest BCUT2D eigenvalue weighted by atomic mass is 10.1. The first kappa shape index (κ1) is 14.2. The summed E-state index contributed by atoms with van der Waals surface area (Å²) in [6.07, 6.45) is 0. The van der Waals surface area contributed by atoms with Gasteiger partial charge >= 0.3 is 0 Å². The second-order valence-corrected chi connectivity index (χ2v) is 5.93. The van der Waals surface area contributed by atoms with Crippen LogP contribution in [0.5, 0.6) is 0 Å². The van der Waals surface area contributed by atoms with Crippen molar-refractivity contribution in [3.8, 4) is 0 Å². The summed E-state index contributed by atoms with van der Waals surface area (Å²) >= 11 is 7.82. The van der Waals surface area contributed by atoms with Gasteiger partial charge in [-0.3, -0.25) is 4.79 Å². The lowest BCUT2D eigenvalue weighted by Crippen LogP contribution is -1.93. The fourth-order valence-corrected chi connectivity index (χ4v) is 3.10. The third kappa shape index (κ3) is 3.85. The van der Waals surface area contributed by atoms with Crippen LogP contribution in [-0.4, -0.2) is 5.78 Å². The van der Waals surface area contributed by atoms with Crippen molar-refractivity contribution in [2.45, 2.75) is 24.5 Å². The van der Waals surface area contributed by atoms with Crippen molar-refractivity contribution in [1.82, 2.24) is 0 Å². The van der Waals surface area contributed by atoms with Gasteiger partial charge in [0.25, 0.3) is 0 Å². The maximum Gasteiger partial charge on any atom is 0.161 e. The van der Waals surface area contributed by atoms with Gasteiger partial charge in [0.1, 0.15) is 0 Å². The third-order valence-corrected chi connectivity index (χ3v) is 4.19. The van der Waals surface area contributed by atoms with Gasteiger partial charge in [-0.25, -0.2) is 0 Å². The Labute approximate surface area is 123 Å². The quantitative estimate of drug-likeness (QED) is 0.572. The molecule has 0 unspecified atom stereocenters. The van der Waals surface area contributed by atoms with E-state index in [4.69, 9.17) is 11.6 Å². The van der Waals surface area contributed by atoms with E-state index in [1.807, 2.05) is 12.1 Å². The molecule has 0 aliphatic carbocycles. The Bertz CT molecular complexity index is 607. The highest BCUT2D eigenvalue weighted by Gasteiger charge is 2.06. The number of ketones is 1. The number of Topliss-reactive ketones (excluding diaryl/α,β-unsaturated/α-hetero) is 1. The summed E-state index contributed by atoms with van der Waals surface area (Å²) in [5, 5.41) is 0.529. The smallest absolute Gasteiger partial charge is 0.161 e. The molecule has 2 aromatic carbocycles. The van der Waals surface area contributed by atoms with Crippen LogP contribution in [0, 0.1) is 6.92 Å². The first-order valence-electron chi connectivity index (χ1n) is 6.05. The number of hydrogen-bond donors (Lipinski definition) is 0. The molecule has 98 valence electrons. The van der Waals surface area contributed by atoms with Crippen LogP contribution in [0.25, 0.3) is 0 Å². The summed E-state index contributed by atoms with van der Waals surface area (Å²) < 4.78 is 0. The molecule has 0 heterocycles. The molecule has 3 heteroatoms. The van der Waals surface area contributed by atoms with E-state index in [0.29, 0.717) is 10.6 Å². The van der Waals surface area contributed by atoms with E-state index in [1.54, 1.807) is 17.8 Å². The van der Waals surface area contributed by atoms with Crippen molar-refractivity contribution in [3.05, 3.63) is 64.2 Å². The molecule has 0 radical (unpaired) electrons. The van der Waals surface area contributed by atoms with Crippen LogP contribution in [0.1, 0.15) is 28.4 Å². The van der Waals surface area contributed by atoms with Gasteiger partial charge in [0.15, 0.2) is 5.78 Å². The fraction of sp³-hybridized carbons (Fsp3) is 0.188. The molecule has 0 N–H and O–H groups in total. The number of thioether (sulfide) groups is 1. The van der Waals surface area contributed by atoms with Crippen molar-refractivity contribution in [1.29, 1.82) is 0 Å². The molecule has 2 aromatic rings. The fourth-order valence-electron chi connectivity index (χ4n) is 1.84. The Hall–Kier alpha value is -1.25. The SMILES string of the molecule is CC(=O)c1ccc(SCc2cccc(C)c2)cc1Cl. The van der Waals surface area contributed by atoms with Crippen molar-refractivity contribution in [2.24, 2.45) is 0 Å². The van der Waals surface area contributed by atoms with Gasteiger partial charge in [-0.2, -0.15) is 0 Å². The van der Waals surface area contributed by atoms with Crippen LogP contribution < -0.4 is 0 Å². The van der Waals surface area contributed by atoms with Gasteiger partial charge in [-0.15, -0.1) is 11.8 Å². The summed E-state index contributed by atoms with van der Waals surface area (Å²) in [6.45, 7) is 3.62.